The smallest absolute Gasteiger partial charge is 0.0597 e. The third-order valence-electron chi connectivity index (χ3n) is 2.78. The van der Waals surface area contributed by atoms with E-state index in [1.807, 2.05) is 13.8 Å². The number of rotatable bonds is 13. The largest absolute Gasteiger partial charge is 0.395 e. The zero-order chi connectivity index (χ0) is 14.5. The van der Waals surface area contributed by atoms with E-state index in [9.17, 15) is 5.11 Å². The van der Waals surface area contributed by atoms with E-state index < -0.39 is 0 Å². The highest BCUT2D eigenvalue weighted by Crippen LogP contribution is 1.96. The Hall–Kier alpha value is -0.200. The molecule has 0 rings (SSSR count). The summed E-state index contributed by atoms with van der Waals surface area (Å²) in [4.78, 5) is 2.28. The number of nitrogens with zero attached hydrogens (tertiary/aromatic N) is 1. The zero-order valence-corrected chi connectivity index (χ0v) is 13.0. The van der Waals surface area contributed by atoms with Crippen LogP contribution in [0.2, 0.25) is 0 Å². The van der Waals surface area contributed by atoms with Gasteiger partial charge in [0.05, 0.1) is 19.8 Å². The first-order chi connectivity index (χ1) is 9.13. The predicted molar refractivity (Wildman–Crippen MR) is 78.6 cm³/mol. The molecule has 0 aromatic carbocycles. The highest BCUT2D eigenvalue weighted by Gasteiger charge is 2.14. The third kappa shape index (κ3) is 11.3. The fourth-order valence-electron chi connectivity index (χ4n) is 1.92. The number of ether oxygens (including phenoxy) is 2. The van der Waals surface area contributed by atoms with Crippen molar-refractivity contribution in [2.24, 2.45) is 0 Å². The molecular formula is C14H32N2O3. The molecule has 0 spiro atoms. The van der Waals surface area contributed by atoms with Crippen LogP contribution in [0.1, 0.15) is 27.7 Å². The van der Waals surface area contributed by atoms with Crippen LogP contribution in [0.15, 0.2) is 0 Å². The molecule has 116 valence electrons. The Morgan fingerprint density at radius 2 is 1.58 bits per heavy atom. The Balaban J connectivity index is 4.11. The van der Waals surface area contributed by atoms with Gasteiger partial charge in [-0.3, -0.25) is 4.90 Å². The van der Waals surface area contributed by atoms with Crippen molar-refractivity contribution >= 4 is 0 Å². The first-order valence-electron chi connectivity index (χ1n) is 7.38. The summed E-state index contributed by atoms with van der Waals surface area (Å²) in [5.41, 5.74) is 0. The lowest BCUT2D eigenvalue weighted by molar-refractivity contribution is 0.0726. The van der Waals surface area contributed by atoms with Crippen LogP contribution in [-0.2, 0) is 9.47 Å². The molecule has 0 fully saturated rings. The molecule has 0 heterocycles. The van der Waals surface area contributed by atoms with E-state index in [-0.39, 0.29) is 12.6 Å². The molecule has 0 radical (unpaired) electrons. The second-order valence-electron chi connectivity index (χ2n) is 4.90. The van der Waals surface area contributed by atoms with E-state index in [0.29, 0.717) is 6.04 Å². The third-order valence-corrected chi connectivity index (χ3v) is 2.78. The SMILES string of the molecule is CCOCCN(CCOCC)CC(CO)NC(C)C. The molecule has 0 bridgehead atoms. The number of hydrogen-bond donors (Lipinski definition) is 2. The zero-order valence-electron chi connectivity index (χ0n) is 13.0. The number of aliphatic hydroxyl groups is 1. The van der Waals surface area contributed by atoms with Crippen LogP contribution in [0, 0.1) is 0 Å². The second-order valence-corrected chi connectivity index (χ2v) is 4.90. The monoisotopic (exact) mass is 276 g/mol. The van der Waals surface area contributed by atoms with Crippen molar-refractivity contribution in [1.82, 2.24) is 10.2 Å². The van der Waals surface area contributed by atoms with Crippen LogP contribution in [0.5, 0.6) is 0 Å². The Labute approximate surface area is 118 Å². The highest BCUT2D eigenvalue weighted by atomic mass is 16.5. The molecule has 0 saturated heterocycles. The molecule has 5 heteroatoms. The Morgan fingerprint density at radius 3 is 1.95 bits per heavy atom. The van der Waals surface area contributed by atoms with Gasteiger partial charge >= 0.3 is 0 Å². The lowest BCUT2D eigenvalue weighted by atomic mass is 10.2. The van der Waals surface area contributed by atoms with Gasteiger partial charge in [-0.25, -0.2) is 0 Å². The molecule has 19 heavy (non-hydrogen) atoms. The molecule has 5 nitrogen and oxygen atoms in total. The molecule has 0 aromatic rings. The number of aliphatic hydroxyl groups excluding tert-OH is 1. The van der Waals surface area contributed by atoms with Crippen LogP contribution < -0.4 is 5.32 Å². The summed E-state index contributed by atoms with van der Waals surface area (Å²) < 4.78 is 10.8. The summed E-state index contributed by atoms with van der Waals surface area (Å²) >= 11 is 0. The van der Waals surface area contributed by atoms with Gasteiger partial charge < -0.3 is 19.9 Å². The van der Waals surface area contributed by atoms with E-state index in [0.717, 1.165) is 46.1 Å². The summed E-state index contributed by atoms with van der Waals surface area (Å²) in [7, 11) is 0. The van der Waals surface area contributed by atoms with Crippen molar-refractivity contribution in [3.05, 3.63) is 0 Å². The molecular weight excluding hydrogens is 244 g/mol. The summed E-state index contributed by atoms with van der Waals surface area (Å²) in [5, 5.41) is 12.8. The van der Waals surface area contributed by atoms with Gasteiger partial charge in [-0.05, 0) is 13.8 Å². The molecule has 1 unspecified atom stereocenters. The van der Waals surface area contributed by atoms with Crippen molar-refractivity contribution < 1.29 is 14.6 Å². The van der Waals surface area contributed by atoms with E-state index in [1.54, 1.807) is 0 Å². The van der Waals surface area contributed by atoms with Gasteiger partial charge in [-0.15, -0.1) is 0 Å². The van der Waals surface area contributed by atoms with Crippen molar-refractivity contribution in [2.75, 3.05) is 52.7 Å². The quantitative estimate of drug-likeness (QED) is 0.486. The van der Waals surface area contributed by atoms with Gasteiger partial charge in [0.15, 0.2) is 0 Å². The summed E-state index contributed by atoms with van der Waals surface area (Å²) in [6, 6.07) is 0.473. The van der Waals surface area contributed by atoms with Crippen molar-refractivity contribution in [1.29, 1.82) is 0 Å². The fraction of sp³-hybridized carbons (Fsp3) is 1.00. The summed E-state index contributed by atoms with van der Waals surface area (Å²) in [5.74, 6) is 0. The lowest BCUT2D eigenvalue weighted by Crippen LogP contribution is -2.47. The van der Waals surface area contributed by atoms with Gasteiger partial charge in [-0.1, -0.05) is 13.8 Å². The van der Waals surface area contributed by atoms with E-state index in [1.165, 1.54) is 0 Å². The standard InChI is InChI=1S/C14H32N2O3/c1-5-18-9-7-16(8-10-19-6-2)11-14(12-17)15-13(3)4/h13-15,17H,5-12H2,1-4H3. The van der Waals surface area contributed by atoms with E-state index in [4.69, 9.17) is 9.47 Å². The molecule has 0 amide bonds. The molecule has 0 saturated carbocycles. The second kappa shape index (κ2) is 12.8. The van der Waals surface area contributed by atoms with E-state index >= 15 is 0 Å². The Morgan fingerprint density at radius 1 is 1.05 bits per heavy atom. The summed E-state index contributed by atoms with van der Waals surface area (Å²) in [6.07, 6.45) is 0. The van der Waals surface area contributed by atoms with Crippen LogP contribution in [-0.4, -0.2) is 74.8 Å². The van der Waals surface area contributed by atoms with Crippen LogP contribution in [0.4, 0.5) is 0 Å². The molecule has 0 aliphatic heterocycles. The minimum absolute atomic E-state index is 0.100. The van der Waals surface area contributed by atoms with Gasteiger partial charge in [0.2, 0.25) is 0 Å². The van der Waals surface area contributed by atoms with Gasteiger partial charge in [0.25, 0.3) is 0 Å². The van der Waals surface area contributed by atoms with Gasteiger partial charge in [0.1, 0.15) is 0 Å². The number of nitrogens with one attached hydrogen (secondary N) is 1. The fourth-order valence-corrected chi connectivity index (χ4v) is 1.92. The van der Waals surface area contributed by atoms with Crippen LogP contribution in [0.3, 0.4) is 0 Å². The first-order valence-corrected chi connectivity index (χ1v) is 7.38. The molecule has 0 aliphatic carbocycles. The predicted octanol–water partition coefficient (Wildman–Crippen LogP) is 0.720. The summed E-state index contributed by atoms with van der Waals surface area (Å²) in [6.45, 7) is 13.8. The van der Waals surface area contributed by atoms with Gasteiger partial charge in [0, 0.05) is 44.9 Å². The number of hydrogen-bond acceptors (Lipinski definition) is 5. The molecule has 1 atom stereocenters. The average molecular weight is 276 g/mol. The first kappa shape index (κ1) is 18.8. The highest BCUT2D eigenvalue weighted by molar-refractivity contribution is 4.73. The molecule has 0 aromatic heterocycles. The maximum Gasteiger partial charge on any atom is 0.0597 e. The molecule has 2 N–H and O–H groups in total. The van der Waals surface area contributed by atoms with Gasteiger partial charge in [-0.2, -0.15) is 0 Å². The Bertz CT molecular complexity index is 182. The van der Waals surface area contributed by atoms with Crippen molar-refractivity contribution in [2.45, 2.75) is 39.8 Å². The molecule has 0 aliphatic rings. The van der Waals surface area contributed by atoms with E-state index in [2.05, 4.69) is 24.1 Å². The van der Waals surface area contributed by atoms with Crippen molar-refractivity contribution in [3.63, 3.8) is 0 Å². The minimum Gasteiger partial charge on any atom is -0.395 e. The topological polar surface area (TPSA) is 54.0 Å². The maximum absolute atomic E-state index is 9.42. The Kier molecular flexibility index (Phi) is 12.7. The van der Waals surface area contributed by atoms with Crippen LogP contribution in [0.25, 0.3) is 0 Å². The normalized spacial score (nSPS) is 13.4. The van der Waals surface area contributed by atoms with Crippen LogP contribution >= 0.6 is 0 Å². The minimum atomic E-state index is 0.100. The maximum atomic E-state index is 9.42. The average Bonchev–Trinajstić information content (AvgIpc) is 2.37. The van der Waals surface area contributed by atoms with Crippen molar-refractivity contribution in [3.8, 4) is 0 Å². The lowest BCUT2D eigenvalue weighted by Gasteiger charge is -2.28.